The minimum absolute atomic E-state index is 0.131. The van der Waals surface area contributed by atoms with Crippen molar-refractivity contribution in [2.45, 2.75) is 6.92 Å². The van der Waals surface area contributed by atoms with E-state index in [0.717, 1.165) is 0 Å². The van der Waals surface area contributed by atoms with Crippen LogP contribution in [0.15, 0.2) is 42.6 Å². The molecule has 0 atom stereocenters. The third-order valence-corrected chi connectivity index (χ3v) is 2.34. The van der Waals surface area contributed by atoms with Crippen LogP contribution < -0.4 is 9.47 Å². The zero-order chi connectivity index (χ0) is 13.7. The number of aromatic nitrogens is 1. The van der Waals surface area contributed by atoms with Crippen molar-refractivity contribution in [1.29, 1.82) is 0 Å². The lowest BCUT2D eigenvalue weighted by molar-refractivity contribution is 0.0687. The van der Waals surface area contributed by atoms with Crippen molar-refractivity contribution in [2.24, 2.45) is 0 Å². The Kier molecular flexibility index (Phi) is 3.97. The summed E-state index contributed by atoms with van der Waals surface area (Å²) in [6.07, 6.45) is 1.41. The first kappa shape index (κ1) is 12.9. The monoisotopic (exact) mass is 259 g/mol. The number of ether oxygens (including phenoxy) is 2. The van der Waals surface area contributed by atoms with Crippen LogP contribution in [0.3, 0.4) is 0 Å². The van der Waals surface area contributed by atoms with Gasteiger partial charge in [0.25, 0.3) is 0 Å². The molecular weight excluding hydrogens is 246 g/mol. The first-order valence-electron chi connectivity index (χ1n) is 5.80. The van der Waals surface area contributed by atoms with Crippen LogP contribution in [0, 0.1) is 0 Å². The zero-order valence-electron chi connectivity index (χ0n) is 10.4. The van der Waals surface area contributed by atoms with Crippen LogP contribution in [0.1, 0.15) is 17.4 Å². The number of carbonyl (C=O) groups is 1. The number of nitrogens with zero attached hydrogens (tertiary/aromatic N) is 1. The Morgan fingerprint density at radius 1 is 1.16 bits per heavy atom. The van der Waals surface area contributed by atoms with Crippen molar-refractivity contribution in [3.63, 3.8) is 0 Å². The summed E-state index contributed by atoms with van der Waals surface area (Å²) >= 11 is 0. The molecule has 5 heteroatoms. The first-order valence-corrected chi connectivity index (χ1v) is 5.80. The molecule has 98 valence electrons. The molecule has 0 radical (unpaired) electrons. The van der Waals surface area contributed by atoms with E-state index in [4.69, 9.17) is 14.6 Å². The molecule has 0 unspecified atom stereocenters. The average molecular weight is 259 g/mol. The van der Waals surface area contributed by atoms with Crippen molar-refractivity contribution in [3.05, 3.63) is 48.3 Å². The number of aromatic carboxylic acids is 1. The summed E-state index contributed by atoms with van der Waals surface area (Å²) in [6.45, 7) is 2.36. The fourth-order valence-corrected chi connectivity index (χ4v) is 1.56. The van der Waals surface area contributed by atoms with Gasteiger partial charge in [-0.25, -0.2) is 9.78 Å². The Balaban J connectivity index is 2.34. The predicted molar refractivity (Wildman–Crippen MR) is 68.9 cm³/mol. The van der Waals surface area contributed by atoms with Crippen molar-refractivity contribution in [1.82, 2.24) is 4.98 Å². The molecule has 2 rings (SSSR count). The second-order valence-corrected chi connectivity index (χ2v) is 3.64. The summed E-state index contributed by atoms with van der Waals surface area (Å²) in [5, 5.41) is 9.04. The highest BCUT2D eigenvalue weighted by atomic mass is 16.5. The molecule has 0 aliphatic heterocycles. The summed E-state index contributed by atoms with van der Waals surface area (Å²) < 4.78 is 11.0. The van der Waals surface area contributed by atoms with Gasteiger partial charge in [0.2, 0.25) is 0 Å². The van der Waals surface area contributed by atoms with Gasteiger partial charge in [-0.3, -0.25) is 0 Å². The highest BCUT2D eigenvalue weighted by Crippen LogP contribution is 2.32. The smallest absolute Gasteiger partial charge is 0.358 e. The molecule has 5 nitrogen and oxygen atoms in total. The van der Waals surface area contributed by atoms with E-state index in [1.54, 1.807) is 30.3 Å². The highest BCUT2D eigenvalue weighted by Gasteiger charge is 2.14. The van der Waals surface area contributed by atoms with E-state index in [1.165, 1.54) is 6.20 Å². The Bertz CT molecular complexity index is 583. The van der Waals surface area contributed by atoms with Gasteiger partial charge in [0, 0.05) is 6.20 Å². The van der Waals surface area contributed by atoms with Gasteiger partial charge >= 0.3 is 5.97 Å². The minimum atomic E-state index is -1.13. The van der Waals surface area contributed by atoms with Crippen LogP contribution in [0.2, 0.25) is 0 Å². The van der Waals surface area contributed by atoms with Crippen LogP contribution in [-0.4, -0.2) is 22.7 Å². The van der Waals surface area contributed by atoms with E-state index in [2.05, 4.69) is 4.98 Å². The number of benzene rings is 1. The van der Waals surface area contributed by atoms with E-state index in [1.807, 2.05) is 13.0 Å². The summed E-state index contributed by atoms with van der Waals surface area (Å²) in [4.78, 5) is 14.8. The third kappa shape index (κ3) is 3.01. The van der Waals surface area contributed by atoms with Gasteiger partial charge in [-0.1, -0.05) is 12.1 Å². The first-order chi connectivity index (χ1) is 9.22. The van der Waals surface area contributed by atoms with Crippen LogP contribution in [-0.2, 0) is 0 Å². The second kappa shape index (κ2) is 5.86. The molecule has 2 aromatic rings. The number of carboxylic acid groups (broad SMARTS) is 1. The molecule has 1 heterocycles. The molecule has 19 heavy (non-hydrogen) atoms. The Morgan fingerprint density at radius 2 is 1.84 bits per heavy atom. The number of para-hydroxylation sites is 2. The Labute approximate surface area is 110 Å². The van der Waals surface area contributed by atoms with E-state index in [9.17, 15) is 4.79 Å². The molecule has 0 spiro atoms. The minimum Gasteiger partial charge on any atom is -0.490 e. The van der Waals surface area contributed by atoms with Gasteiger partial charge in [-0.15, -0.1) is 0 Å². The van der Waals surface area contributed by atoms with Gasteiger partial charge in [0.1, 0.15) is 0 Å². The predicted octanol–water partition coefficient (Wildman–Crippen LogP) is 2.97. The molecule has 0 aliphatic carbocycles. The SMILES string of the molecule is CCOc1ccccc1Oc1cccnc1C(=O)O. The number of carboxylic acids is 1. The molecule has 0 aliphatic rings. The molecule has 1 aromatic heterocycles. The number of hydrogen-bond donors (Lipinski definition) is 1. The lowest BCUT2D eigenvalue weighted by Crippen LogP contribution is -2.03. The number of pyridine rings is 1. The Hall–Kier alpha value is -2.56. The summed E-state index contributed by atoms with van der Waals surface area (Å²) in [7, 11) is 0. The molecular formula is C14H13NO4. The average Bonchev–Trinajstić information content (AvgIpc) is 2.42. The van der Waals surface area contributed by atoms with E-state index < -0.39 is 5.97 Å². The summed E-state index contributed by atoms with van der Waals surface area (Å²) in [5.41, 5.74) is -0.131. The molecule has 0 saturated carbocycles. The lowest BCUT2D eigenvalue weighted by atomic mass is 10.3. The maximum absolute atomic E-state index is 11.0. The zero-order valence-corrected chi connectivity index (χ0v) is 10.4. The van der Waals surface area contributed by atoms with Crippen molar-refractivity contribution < 1.29 is 19.4 Å². The van der Waals surface area contributed by atoms with Gasteiger partial charge in [-0.05, 0) is 31.2 Å². The van der Waals surface area contributed by atoms with Crippen LogP contribution in [0.25, 0.3) is 0 Å². The van der Waals surface area contributed by atoms with Crippen molar-refractivity contribution in [2.75, 3.05) is 6.61 Å². The summed E-state index contributed by atoms with van der Waals surface area (Å²) in [5.74, 6) is 0.0664. The van der Waals surface area contributed by atoms with Gasteiger partial charge in [0.15, 0.2) is 22.9 Å². The van der Waals surface area contributed by atoms with Crippen LogP contribution >= 0.6 is 0 Å². The maximum Gasteiger partial charge on any atom is 0.358 e. The summed E-state index contributed by atoms with van der Waals surface area (Å²) in [6, 6.07) is 10.2. The quantitative estimate of drug-likeness (QED) is 0.893. The normalized spacial score (nSPS) is 9.95. The van der Waals surface area contributed by atoms with Crippen molar-refractivity contribution in [3.8, 4) is 17.2 Å². The largest absolute Gasteiger partial charge is 0.490 e. The Morgan fingerprint density at radius 3 is 2.53 bits per heavy atom. The molecule has 0 fully saturated rings. The fourth-order valence-electron chi connectivity index (χ4n) is 1.56. The van der Waals surface area contributed by atoms with Gasteiger partial charge < -0.3 is 14.6 Å². The van der Waals surface area contributed by atoms with Crippen LogP contribution in [0.4, 0.5) is 0 Å². The molecule has 0 bridgehead atoms. The van der Waals surface area contributed by atoms with E-state index >= 15 is 0 Å². The highest BCUT2D eigenvalue weighted by molar-refractivity contribution is 5.88. The number of rotatable bonds is 5. The lowest BCUT2D eigenvalue weighted by Gasteiger charge is -2.12. The molecule has 0 saturated heterocycles. The molecule has 1 N–H and O–H groups in total. The third-order valence-electron chi connectivity index (χ3n) is 2.34. The van der Waals surface area contributed by atoms with Crippen molar-refractivity contribution >= 4 is 5.97 Å². The van der Waals surface area contributed by atoms with Crippen LogP contribution in [0.5, 0.6) is 17.2 Å². The molecule has 0 amide bonds. The van der Waals surface area contributed by atoms with Gasteiger partial charge in [-0.2, -0.15) is 0 Å². The fraction of sp³-hybridized carbons (Fsp3) is 0.143. The van der Waals surface area contributed by atoms with E-state index in [-0.39, 0.29) is 11.4 Å². The topological polar surface area (TPSA) is 68.7 Å². The second-order valence-electron chi connectivity index (χ2n) is 3.64. The van der Waals surface area contributed by atoms with E-state index in [0.29, 0.717) is 18.1 Å². The maximum atomic E-state index is 11.0. The standard InChI is InChI=1S/C14H13NO4/c1-2-18-10-6-3-4-7-11(10)19-12-8-5-9-15-13(12)14(16)17/h3-9H,2H2,1H3,(H,16,17). The van der Waals surface area contributed by atoms with Gasteiger partial charge in [0.05, 0.1) is 6.61 Å². The molecule has 1 aromatic carbocycles. The number of hydrogen-bond acceptors (Lipinski definition) is 4.